The number of carbonyl (C=O) groups excluding carboxylic acids is 1. The van der Waals surface area contributed by atoms with E-state index < -0.39 is 0 Å². The minimum atomic E-state index is -0.105. The van der Waals surface area contributed by atoms with Crippen LogP contribution in [0.4, 0.5) is 0 Å². The molecule has 1 aromatic heterocycles. The first kappa shape index (κ1) is 16.9. The molecule has 0 radical (unpaired) electrons. The molecule has 0 bridgehead atoms. The van der Waals surface area contributed by atoms with Crippen molar-refractivity contribution in [3.8, 4) is 16.2 Å². The molecule has 6 heteroatoms. The van der Waals surface area contributed by atoms with Crippen molar-refractivity contribution in [1.82, 2.24) is 15.6 Å². The van der Waals surface area contributed by atoms with E-state index in [1.807, 2.05) is 31.5 Å². The summed E-state index contributed by atoms with van der Waals surface area (Å²) >= 11 is 1.62. The third-order valence-electron chi connectivity index (χ3n) is 4.44. The Labute approximate surface area is 146 Å². The molecule has 1 amide bonds. The lowest BCUT2D eigenvalue weighted by molar-refractivity contribution is -0.123. The molecular formula is C18H23N3O2S. The minimum absolute atomic E-state index is 0.0597. The number of aromatic nitrogens is 1. The van der Waals surface area contributed by atoms with Gasteiger partial charge in [0, 0.05) is 5.56 Å². The number of hydrogen-bond acceptors (Lipinski definition) is 5. The van der Waals surface area contributed by atoms with Gasteiger partial charge >= 0.3 is 0 Å². The fraction of sp³-hybridized carbons (Fsp3) is 0.444. The molecule has 2 atom stereocenters. The Morgan fingerprint density at radius 2 is 2.33 bits per heavy atom. The van der Waals surface area contributed by atoms with E-state index in [0.29, 0.717) is 0 Å². The van der Waals surface area contributed by atoms with Crippen LogP contribution in [0.15, 0.2) is 23.7 Å². The van der Waals surface area contributed by atoms with Crippen LogP contribution >= 0.6 is 11.3 Å². The van der Waals surface area contributed by atoms with Gasteiger partial charge in [-0.15, -0.1) is 11.3 Å². The third kappa shape index (κ3) is 3.44. The fourth-order valence-electron chi connectivity index (χ4n) is 3.09. The topological polar surface area (TPSA) is 63.2 Å². The van der Waals surface area contributed by atoms with Crippen LogP contribution in [0, 0.1) is 6.92 Å². The van der Waals surface area contributed by atoms with Gasteiger partial charge < -0.3 is 15.4 Å². The summed E-state index contributed by atoms with van der Waals surface area (Å²) in [5, 5.41) is 6.31. The Bertz CT molecular complexity index is 723. The summed E-state index contributed by atoms with van der Waals surface area (Å²) < 4.78 is 5.57. The summed E-state index contributed by atoms with van der Waals surface area (Å²) in [6.07, 6.45) is 1.96. The molecule has 1 fully saturated rings. The monoisotopic (exact) mass is 345 g/mol. The van der Waals surface area contributed by atoms with Crippen LogP contribution in [0.2, 0.25) is 0 Å². The lowest BCUT2D eigenvalue weighted by Crippen LogP contribution is -2.41. The van der Waals surface area contributed by atoms with Crippen molar-refractivity contribution in [3.63, 3.8) is 0 Å². The molecule has 3 rings (SSSR count). The summed E-state index contributed by atoms with van der Waals surface area (Å²) in [5.41, 5.74) is 4.94. The van der Waals surface area contributed by atoms with Crippen molar-refractivity contribution in [2.45, 2.75) is 38.8 Å². The first-order chi connectivity index (χ1) is 11.6. The van der Waals surface area contributed by atoms with E-state index in [2.05, 4.69) is 21.7 Å². The van der Waals surface area contributed by atoms with Gasteiger partial charge in [0.15, 0.2) is 0 Å². The zero-order chi connectivity index (χ0) is 17.1. The summed E-state index contributed by atoms with van der Waals surface area (Å²) in [7, 11) is 1.66. The highest BCUT2D eigenvalue weighted by molar-refractivity contribution is 7.13. The highest BCUT2D eigenvalue weighted by Crippen LogP contribution is 2.34. The molecule has 1 aromatic carbocycles. The van der Waals surface area contributed by atoms with Crippen LogP contribution in [0.25, 0.3) is 10.4 Å². The molecule has 0 aliphatic carbocycles. The van der Waals surface area contributed by atoms with Gasteiger partial charge in [0.25, 0.3) is 0 Å². The van der Waals surface area contributed by atoms with E-state index in [1.165, 1.54) is 0 Å². The maximum absolute atomic E-state index is 12.3. The minimum Gasteiger partial charge on any atom is -0.496 e. The van der Waals surface area contributed by atoms with Gasteiger partial charge in [0.2, 0.25) is 5.91 Å². The second kappa shape index (κ2) is 7.32. The molecule has 5 nitrogen and oxygen atoms in total. The Morgan fingerprint density at radius 3 is 2.96 bits per heavy atom. The molecule has 2 heterocycles. The van der Waals surface area contributed by atoms with E-state index in [4.69, 9.17) is 4.74 Å². The van der Waals surface area contributed by atoms with Crippen molar-refractivity contribution < 1.29 is 9.53 Å². The summed E-state index contributed by atoms with van der Waals surface area (Å²) in [6, 6.07) is 5.94. The van der Waals surface area contributed by atoms with Crippen LogP contribution in [-0.2, 0) is 4.79 Å². The Hall–Kier alpha value is -1.92. The van der Waals surface area contributed by atoms with E-state index in [1.54, 1.807) is 18.4 Å². The second-order valence-corrected chi connectivity index (χ2v) is 6.96. The fourth-order valence-corrected chi connectivity index (χ4v) is 3.89. The van der Waals surface area contributed by atoms with Crippen molar-refractivity contribution in [1.29, 1.82) is 0 Å². The number of nitrogens with one attached hydrogen (secondary N) is 2. The van der Waals surface area contributed by atoms with E-state index in [0.717, 1.165) is 46.8 Å². The molecule has 2 N–H and O–H groups in total. The normalized spacial score (nSPS) is 18.4. The molecule has 2 aromatic rings. The van der Waals surface area contributed by atoms with Gasteiger partial charge in [0.05, 0.1) is 35.3 Å². The SMILES string of the molecule is COc1cc(-c2scnc2C)ccc1[C@H](C)NC(=O)C1CCCN1. The van der Waals surface area contributed by atoms with Gasteiger partial charge in [-0.2, -0.15) is 0 Å². The van der Waals surface area contributed by atoms with E-state index >= 15 is 0 Å². The molecule has 24 heavy (non-hydrogen) atoms. The third-order valence-corrected chi connectivity index (χ3v) is 5.42. The first-order valence-electron chi connectivity index (χ1n) is 8.22. The lowest BCUT2D eigenvalue weighted by Gasteiger charge is -2.20. The highest BCUT2D eigenvalue weighted by Gasteiger charge is 2.24. The number of aryl methyl sites for hydroxylation is 1. The second-order valence-electron chi connectivity index (χ2n) is 6.10. The van der Waals surface area contributed by atoms with Crippen LogP contribution in [0.3, 0.4) is 0 Å². The van der Waals surface area contributed by atoms with Crippen LogP contribution in [0.5, 0.6) is 5.75 Å². The maximum atomic E-state index is 12.3. The number of thiazole rings is 1. The number of amides is 1. The quantitative estimate of drug-likeness (QED) is 0.874. The number of hydrogen-bond donors (Lipinski definition) is 2. The van der Waals surface area contributed by atoms with Crippen LogP contribution in [-0.4, -0.2) is 30.6 Å². The molecular weight excluding hydrogens is 322 g/mol. The number of ether oxygens (including phenoxy) is 1. The Morgan fingerprint density at radius 1 is 1.50 bits per heavy atom. The van der Waals surface area contributed by atoms with Gasteiger partial charge in [-0.25, -0.2) is 4.98 Å². The molecule has 1 saturated heterocycles. The Kier molecular flexibility index (Phi) is 5.16. The molecule has 128 valence electrons. The number of rotatable bonds is 5. The average molecular weight is 345 g/mol. The molecule has 0 saturated carbocycles. The predicted octanol–water partition coefficient (Wildman–Crippen LogP) is 3.06. The van der Waals surface area contributed by atoms with E-state index in [9.17, 15) is 4.79 Å². The largest absolute Gasteiger partial charge is 0.496 e. The van der Waals surface area contributed by atoms with Crippen molar-refractivity contribution in [2.75, 3.05) is 13.7 Å². The smallest absolute Gasteiger partial charge is 0.237 e. The van der Waals surface area contributed by atoms with Crippen molar-refractivity contribution in [3.05, 3.63) is 35.0 Å². The van der Waals surface area contributed by atoms with Gasteiger partial charge in [-0.3, -0.25) is 4.79 Å². The number of carbonyl (C=O) groups is 1. The van der Waals surface area contributed by atoms with Gasteiger partial charge in [0.1, 0.15) is 5.75 Å². The zero-order valence-corrected chi connectivity index (χ0v) is 15.1. The molecule has 1 aliphatic heterocycles. The molecule has 0 spiro atoms. The van der Waals surface area contributed by atoms with Crippen molar-refractivity contribution >= 4 is 17.2 Å². The molecule has 1 unspecified atom stereocenters. The van der Waals surface area contributed by atoms with Crippen LogP contribution in [0.1, 0.15) is 37.1 Å². The zero-order valence-electron chi connectivity index (χ0n) is 14.3. The van der Waals surface area contributed by atoms with E-state index in [-0.39, 0.29) is 18.0 Å². The van der Waals surface area contributed by atoms with Crippen molar-refractivity contribution in [2.24, 2.45) is 0 Å². The Balaban J connectivity index is 1.79. The van der Waals surface area contributed by atoms with Gasteiger partial charge in [-0.05, 0) is 44.9 Å². The lowest BCUT2D eigenvalue weighted by atomic mass is 10.0. The van der Waals surface area contributed by atoms with Gasteiger partial charge in [-0.1, -0.05) is 12.1 Å². The number of nitrogens with zero attached hydrogens (tertiary/aromatic N) is 1. The maximum Gasteiger partial charge on any atom is 0.237 e. The summed E-state index contributed by atoms with van der Waals surface area (Å²) in [5.74, 6) is 0.844. The standard InChI is InChI=1S/C18H23N3O2S/c1-11(21-18(22)15-5-4-8-19-15)14-7-6-13(9-16(14)23-3)17-12(2)20-10-24-17/h6-7,9-11,15,19H,4-5,8H2,1-3H3,(H,21,22)/t11-,15?/m0/s1. The highest BCUT2D eigenvalue weighted by atomic mass is 32.1. The number of methoxy groups -OCH3 is 1. The number of benzene rings is 1. The first-order valence-corrected chi connectivity index (χ1v) is 9.10. The van der Waals surface area contributed by atoms with Crippen LogP contribution < -0.4 is 15.4 Å². The predicted molar refractivity (Wildman–Crippen MR) is 96.4 cm³/mol. The summed E-state index contributed by atoms with van der Waals surface area (Å²) in [4.78, 5) is 17.8. The average Bonchev–Trinajstić information content (AvgIpc) is 3.25. The molecule has 1 aliphatic rings. The summed E-state index contributed by atoms with van der Waals surface area (Å²) in [6.45, 7) is 4.91.